The molecule has 4 heteroatoms. The highest BCUT2D eigenvalue weighted by Crippen LogP contribution is 2.26. The first-order chi connectivity index (χ1) is 7.56. The lowest BCUT2D eigenvalue weighted by molar-refractivity contribution is 0.101. The van der Waals surface area contributed by atoms with Crippen LogP contribution in [0.4, 0.5) is 5.69 Å². The van der Waals surface area contributed by atoms with E-state index in [9.17, 15) is 4.79 Å². The zero-order chi connectivity index (χ0) is 12.1. The zero-order valence-electron chi connectivity index (χ0n) is 9.79. The normalized spacial score (nSPS) is 10.2. The number of benzene rings is 1. The summed E-state index contributed by atoms with van der Waals surface area (Å²) in [5, 5.41) is 0. The molecule has 3 nitrogen and oxygen atoms in total. The summed E-state index contributed by atoms with van der Waals surface area (Å²) in [6, 6.07) is 5.63. The number of carbonyl (C=O) groups is 1. The molecule has 88 valence electrons. The van der Waals surface area contributed by atoms with Gasteiger partial charge in [-0.25, -0.2) is 0 Å². The van der Waals surface area contributed by atoms with Crippen LogP contribution in [0.5, 0.6) is 0 Å². The van der Waals surface area contributed by atoms with Crippen molar-refractivity contribution >= 4 is 27.4 Å². The van der Waals surface area contributed by atoms with E-state index >= 15 is 0 Å². The second-order valence-electron chi connectivity index (χ2n) is 3.64. The molecule has 0 radical (unpaired) electrons. The van der Waals surface area contributed by atoms with E-state index in [1.165, 1.54) is 0 Å². The highest BCUT2D eigenvalue weighted by Gasteiger charge is 2.08. The van der Waals surface area contributed by atoms with Crippen LogP contribution in [-0.2, 0) is 4.74 Å². The molecule has 16 heavy (non-hydrogen) atoms. The average Bonchev–Trinajstić information content (AvgIpc) is 2.25. The molecule has 0 N–H and O–H groups in total. The van der Waals surface area contributed by atoms with Gasteiger partial charge in [0.05, 0.1) is 12.3 Å². The van der Waals surface area contributed by atoms with Gasteiger partial charge in [0.1, 0.15) is 0 Å². The lowest BCUT2D eigenvalue weighted by atomic mass is 10.1. The first-order valence-corrected chi connectivity index (χ1v) is 5.86. The van der Waals surface area contributed by atoms with Crippen molar-refractivity contribution in [3.05, 3.63) is 28.2 Å². The Hall–Kier alpha value is -0.870. The number of rotatable bonds is 5. The van der Waals surface area contributed by atoms with Gasteiger partial charge in [-0.3, -0.25) is 4.79 Å². The predicted molar refractivity (Wildman–Crippen MR) is 69.3 cm³/mol. The Morgan fingerprint density at radius 3 is 2.69 bits per heavy atom. The van der Waals surface area contributed by atoms with Gasteiger partial charge in [-0.2, -0.15) is 0 Å². The Balaban J connectivity index is 2.85. The van der Waals surface area contributed by atoms with Crippen molar-refractivity contribution < 1.29 is 9.53 Å². The third-order valence-electron chi connectivity index (χ3n) is 2.40. The van der Waals surface area contributed by atoms with Crippen LogP contribution >= 0.6 is 15.9 Å². The van der Waals surface area contributed by atoms with Gasteiger partial charge in [0.2, 0.25) is 0 Å². The molecule has 0 saturated carbocycles. The number of Topliss-reactive ketones (excluding diaryl/α,β-unsaturated/α-hetero) is 1. The Bertz CT molecular complexity index is 379. The molecule has 1 rings (SSSR count). The maximum Gasteiger partial charge on any atom is 0.159 e. The van der Waals surface area contributed by atoms with Crippen LogP contribution in [0.15, 0.2) is 22.7 Å². The molecule has 0 amide bonds. The van der Waals surface area contributed by atoms with Gasteiger partial charge in [-0.05, 0) is 41.1 Å². The molecule has 0 spiro atoms. The number of nitrogens with zero attached hydrogens (tertiary/aromatic N) is 1. The van der Waals surface area contributed by atoms with Gasteiger partial charge in [-0.1, -0.05) is 0 Å². The molecule has 0 atom stereocenters. The number of carbonyl (C=O) groups excluding carboxylic acids is 1. The summed E-state index contributed by atoms with van der Waals surface area (Å²) in [5.41, 5.74) is 1.78. The summed E-state index contributed by atoms with van der Waals surface area (Å²) < 4.78 is 5.95. The fourth-order valence-corrected chi connectivity index (χ4v) is 2.07. The van der Waals surface area contributed by atoms with Crippen molar-refractivity contribution in [3.63, 3.8) is 0 Å². The summed E-state index contributed by atoms with van der Waals surface area (Å²) in [7, 11) is 3.67. The molecule has 0 saturated heterocycles. The summed E-state index contributed by atoms with van der Waals surface area (Å²) >= 11 is 3.47. The van der Waals surface area contributed by atoms with Gasteiger partial charge in [-0.15, -0.1) is 0 Å². The first-order valence-electron chi connectivity index (χ1n) is 5.07. The minimum Gasteiger partial charge on any atom is -0.383 e. The number of hydrogen-bond acceptors (Lipinski definition) is 3. The monoisotopic (exact) mass is 285 g/mol. The van der Waals surface area contributed by atoms with Gasteiger partial charge < -0.3 is 9.64 Å². The lowest BCUT2D eigenvalue weighted by Gasteiger charge is -2.20. The molecule has 0 aromatic heterocycles. The molecule has 0 unspecified atom stereocenters. The van der Waals surface area contributed by atoms with E-state index in [4.69, 9.17) is 4.74 Å². The van der Waals surface area contributed by atoms with E-state index < -0.39 is 0 Å². The maximum absolute atomic E-state index is 11.2. The molecule has 1 aromatic carbocycles. The Morgan fingerprint density at radius 2 is 2.19 bits per heavy atom. The van der Waals surface area contributed by atoms with E-state index in [0.717, 1.165) is 22.3 Å². The van der Waals surface area contributed by atoms with Crippen molar-refractivity contribution in [1.82, 2.24) is 0 Å². The molecular formula is C12H16BrNO2. The number of ether oxygens (including phenoxy) is 1. The van der Waals surface area contributed by atoms with E-state index in [-0.39, 0.29) is 5.78 Å². The summed E-state index contributed by atoms with van der Waals surface area (Å²) in [6.07, 6.45) is 0. The van der Waals surface area contributed by atoms with Crippen molar-refractivity contribution in [2.75, 3.05) is 32.2 Å². The Morgan fingerprint density at radius 1 is 1.50 bits per heavy atom. The molecule has 0 aliphatic carbocycles. The lowest BCUT2D eigenvalue weighted by Crippen LogP contribution is -2.22. The van der Waals surface area contributed by atoms with Crippen molar-refractivity contribution in [1.29, 1.82) is 0 Å². The van der Waals surface area contributed by atoms with E-state index in [1.807, 2.05) is 25.2 Å². The van der Waals surface area contributed by atoms with Crippen molar-refractivity contribution in [2.45, 2.75) is 6.92 Å². The number of likely N-dealkylation sites (N-methyl/N-ethyl adjacent to an activating group) is 1. The molecular weight excluding hydrogens is 270 g/mol. The highest BCUT2D eigenvalue weighted by atomic mass is 79.9. The quantitative estimate of drug-likeness (QED) is 0.779. The first kappa shape index (κ1) is 13.2. The SMILES string of the molecule is COCCN(C)c1ccc(C(C)=O)cc1Br. The summed E-state index contributed by atoms with van der Waals surface area (Å²) in [6.45, 7) is 3.06. The molecule has 0 fully saturated rings. The molecule has 1 aromatic rings. The third kappa shape index (κ3) is 3.32. The van der Waals surface area contributed by atoms with Gasteiger partial charge in [0, 0.05) is 30.7 Å². The minimum atomic E-state index is 0.0757. The minimum absolute atomic E-state index is 0.0757. The van der Waals surface area contributed by atoms with E-state index in [1.54, 1.807) is 14.0 Å². The van der Waals surface area contributed by atoms with Crippen LogP contribution in [-0.4, -0.2) is 33.1 Å². The Kier molecular flexibility index (Phi) is 4.96. The number of anilines is 1. The maximum atomic E-state index is 11.2. The number of methoxy groups -OCH3 is 1. The largest absolute Gasteiger partial charge is 0.383 e. The van der Waals surface area contributed by atoms with Crippen LogP contribution in [0.3, 0.4) is 0 Å². The fourth-order valence-electron chi connectivity index (χ4n) is 1.38. The smallest absolute Gasteiger partial charge is 0.159 e. The number of ketones is 1. The standard InChI is InChI=1S/C12H16BrNO2/c1-9(15)10-4-5-12(11(13)8-10)14(2)6-7-16-3/h4-5,8H,6-7H2,1-3H3. The van der Waals surface area contributed by atoms with Crippen LogP contribution in [0.1, 0.15) is 17.3 Å². The fraction of sp³-hybridized carbons (Fsp3) is 0.417. The topological polar surface area (TPSA) is 29.5 Å². The van der Waals surface area contributed by atoms with Crippen LogP contribution in [0.25, 0.3) is 0 Å². The van der Waals surface area contributed by atoms with Crippen molar-refractivity contribution in [2.24, 2.45) is 0 Å². The van der Waals surface area contributed by atoms with Crippen LogP contribution < -0.4 is 4.90 Å². The third-order valence-corrected chi connectivity index (χ3v) is 3.03. The Labute approximate surface area is 105 Å². The van der Waals surface area contributed by atoms with Gasteiger partial charge in [0.15, 0.2) is 5.78 Å². The second kappa shape index (κ2) is 6.01. The molecule has 0 bridgehead atoms. The summed E-state index contributed by atoms with van der Waals surface area (Å²) in [5.74, 6) is 0.0757. The highest BCUT2D eigenvalue weighted by molar-refractivity contribution is 9.10. The van der Waals surface area contributed by atoms with E-state index in [2.05, 4.69) is 20.8 Å². The molecule has 0 aliphatic rings. The number of halogens is 1. The molecule has 0 aliphatic heterocycles. The molecule has 0 heterocycles. The zero-order valence-corrected chi connectivity index (χ0v) is 11.4. The van der Waals surface area contributed by atoms with Crippen LogP contribution in [0.2, 0.25) is 0 Å². The van der Waals surface area contributed by atoms with Crippen molar-refractivity contribution in [3.8, 4) is 0 Å². The van der Waals surface area contributed by atoms with Gasteiger partial charge >= 0.3 is 0 Å². The second-order valence-corrected chi connectivity index (χ2v) is 4.49. The number of hydrogen-bond donors (Lipinski definition) is 0. The average molecular weight is 286 g/mol. The predicted octanol–water partition coefficient (Wildman–Crippen LogP) is 2.73. The van der Waals surface area contributed by atoms with Gasteiger partial charge in [0.25, 0.3) is 0 Å². The van der Waals surface area contributed by atoms with E-state index in [0.29, 0.717) is 6.61 Å². The summed E-state index contributed by atoms with van der Waals surface area (Å²) in [4.78, 5) is 13.3. The van der Waals surface area contributed by atoms with Crippen LogP contribution in [0, 0.1) is 0 Å².